The van der Waals surface area contributed by atoms with Crippen LogP contribution < -0.4 is 10.1 Å². The lowest BCUT2D eigenvalue weighted by Crippen LogP contribution is -2.03. The standard InChI is InChI=1S/C16H16FNO/c1-11-3-2-4-14(17)16(11)18-10-12-5-6-15-13(9-12)7-8-19-15/h2-6,9,18H,7-8,10H2,1H3. The first-order valence-electron chi connectivity index (χ1n) is 6.47. The molecule has 2 aromatic rings. The lowest BCUT2D eigenvalue weighted by molar-refractivity contribution is 0.357. The summed E-state index contributed by atoms with van der Waals surface area (Å²) in [6.45, 7) is 3.29. The van der Waals surface area contributed by atoms with Crippen molar-refractivity contribution in [2.45, 2.75) is 19.9 Å². The first-order valence-corrected chi connectivity index (χ1v) is 6.47. The summed E-state index contributed by atoms with van der Waals surface area (Å²) < 4.78 is 19.2. The Kier molecular flexibility index (Phi) is 3.11. The molecule has 0 saturated heterocycles. The molecule has 0 fully saturated rings. The molecule has 1 aliphatic rings. The summed E-state index contributed by atoms with van der Waals surface area (Å²) >= 11 is 0. The smallest absolute Gasteiger partial charge is 0.146 e. The largest absolute Gasteiger partial charge is 0.493 e. The topological polar surface area (TPSA) is 21.3 Å². The summed E-state index contributed by atoms with van der Waals surface area (Å²) in [6.07, 6.45) is 0.960. The molecule has 0 aliphatic carbocycles. The summed E-state index contributed by atoms with van der Waals surface area (Å²) in [5, 5.41) is 3.17. The molecular formula is C16H16FNO. The highest BCUT2D eigenvalue weighted by Crippen LogP contribution is 2.26. The van der Waals surface area contributed by atoms with Crippen LogP contribution in [0.3, 0.4) is 0 Å². The number of hydrogen-bond acceptors (Lipinski definition) is 2. The molecular weight excluding hydrogens is 241 g/mol. The van der Waals surface area contributed by atoms with Crippen LogP contribution in [0.25, 0.3) is 0 Å². The van der Waals surface area contributed by atoms with E-state index in [1.807, 2.05) is 25.1 Å². The third-order valence-electron chi connectivity index (χ3n) is 3.45. The van der Waals surface area contributed by atoms with Crippen LogP contribution in [0.15, 0.2) is 36.4 Å². The third kappa shape index (κ3) is 2.41. The molecule has 1 aliphatic heterocycles. The van der Waals surface area contributed by atoms with Crippen molar-refractivity contribution in [3.63, 3.8) is 0 Å². The van der Waals surface area contributed by atoms with E-state index < -0.39 is 0 Å². The molecule has 1 heterocycles. The molecule has 19 heavy (non-hydrogen) atoms. The zero-order chi connectivity index (χ0) is 13.2. The fraction of sp³-hybridized carbons (Fsp3) is 0.250. The predicted molar refractivity (Wildman–Crippen MR) is 74.1 cm³/mol. The van der Waals surface area contributed by atoms with Crippen LogP contribution in [0.2, 0.25) is 0 Å². The van der Waals surface area contributed by atoms with Gasteiger partial charge in [0, 0.05) is 13.0 Å². The number of aryl methyl sites for hydroxylation is 1. The average molecular weight is 257 g/mol. The van der Waals surface area contributed by atoms with Gasteiger partial charge in [-0.1, -0.05) is 24.3 Å². The quantitative estimate of drug-likeness (QED) is 0.905. The molecule has 0 saturated carbocycles. The van der Waals surface area contributed by atoms with Crippen LogP contribution in [0.5, 0.6) is 5.75 Å². The Labute approximate surface area is 112 Å². The number of anilines is 1. The van der Waals surface area contributed by atoms with E-state index in [2.05, 4.69) is 11.4 Å². The van der Waals surface area contributed by atoms with E-state index in [9.17, 15) is 4.39 Å². The van der Waals surface area contributed by atoms with Gasteiger partial charge in [0.2, 0.25) is 0 Å². The Hall–Kier alpha value is -2.03. The van der Waals surface area contributed by atoms with E-state index in [1.54, 1.807) is 6.07 Å². The van der Waals surface area contributed by atoms with E-state index >= 15 is 0 Å². The number of rotatable bonds is 3. The number of benzene rings is 2. The summed E-state index contributed by atoms with van der Waals surface area (Å²) in [4.78, 5) is 0. The number of ether oxygens (including phenoxy) is 1. The van der Waals surface area contributed by atoms with Gasteiger partial charge in [-0.3, -0.25) is 0 Å². The van der Waals surface area contributed by atoms with Gasteiger partial charge < -0.3 is 10.1 Å². The second kappa shape index (κ2) is 4.92. The minimum Gasteiger partial charge on any atom is -0.493 e. The van der Waals surface area contributed by atoms with Gasteiger partial charge in [0.25, 0.3) is 0 Å². The monoisotopic (exact) mass is 257 g/mol. The third-order valence-corrected chi connectivity index (χ3v) is 3.45. The van der Waals surface area contributed by atoms with Gasteiger partial charge in [-0.15, -0.1) is 0 Å². The van der Waals surface area contributed by atoms with E-state index in [1.165, 1.54) is 11.6 Å². The molecule has 0 bridgehead atoms. The highest BCUT2D eigenvalue weighted by Gasteiger charge is 2.12. The lowest BCUT2D eigenvalue weighted by Gasteiger charge is -2.11. The van der Waals surface area contributed by atoms with Crippen LogP contribution in [-0.2, 0) is 13.0 Å². The maximum absolute atomic E-state index is 13.7. The van der Waals surface area contributed by atoms with E-state index in [4.69, 9.17) is 4.74 Å². The van der Waals surface area contributed by atoms with Crippen molar-refractivity contribution in [2.75, 3.05) is 11.9 Å². The maximum Gasteiger partial charge on any atom is 0.146 e. The normalized spacial score (nSPS) is 12.9. The van der Waals surface area contributed by atoms with Crippen LogP contribution >= 0.6 is 0 Å². The number of fused-ring (bicyclic) bond motifs is 1. The van der Waals surface area contributed by atoms with Crippen molar-refractivity contribution in [1.82, 2.24) is 0 Å². The van der Waals surface area contributed by atoms with Gasteiger partial charge in [-0.2, -0.15) is 0 Å². The highest BCUT2D eigenvalue weighted by atomic mass is 19.1. The number of halogens is 1. The molecule has 1 N–H and O–H groups in total. The van der Waals surface area contributed by atoms with Crippen molar-refractivity contribution >= 4 is 5.69 Å². The molecule has 0 spiro atoms. The predicted octanol–water partition coefficient (Wildman–Crippen LogP) is 3.68. The SMILES string of the molecule is Cc1cccc(F)c1NCc1ccc2c(c1)CCO2. The molecule has 3 heteroatoms. The van der Waals surface area contributed by atoms with Crippen molar-refractivity contribution in [3.05, 3.63) is 58.9 Å². The Bertz CT molecular complexity index is 589. The lowest BCUT2D eigenvalue weighted by atomic mass is 10.1. The van der Waals surface area contributed by atoms with Gasteiger partial charge in [0.15, 0.2) is 0 Å². The minimum absolute atomic E-state index is 0.204. The fourth-order valence-corrected chi connectivity index (χ4v) is 2.40. The molecule has 0 radical (unpaired) electrons. The molecule has 0 atom stereocenters. The molecule has 2 aromatic carbocycles. The minimum atomic E-state index is -0.204. The van der Waals surface area contributed by atoms with Crippen molar-refractivity contribution < 1.29 is 9.13 Å². The van der Waals surface area contributed by atoms with E-state index in [0.29, 0.717) is 12.2 Å². The van der Waals surface area contributed by atoms with Gasteiger partial charge in [0.1, 0.15) is 11.6 Å². The Morgan fingerprint density at radius 2 is 2.16 bits per heavy atom. The number of nitrogens with one attached hydrogen (secondary N) is 1. The summed E-state index contributed by atoms with van der Waals surface area (Å²) in [5.41, 5.74) is 3.89. The molecule has 0 amide bonds. The zero-order valence-corrected chi connectivity index (χ0v) is 10.9. The van der Waals surface area contributed by atoms with E-state index in [-0.39, 0.29) is 5.82 Å². The molecule has 2 nitrogen and oxygen atoms in total. The Balaban J connectivity index is 1.76. The summed E-state index contributed by atoms with van der Waals surface area (Å²) in [6, 6.07) is 11.3. The van der Waals surface area contributed by atoms with Crippen LogP contribution in [0, 0.1) is 12.7 Å². The Morgan fingerprint density at radius 3 is 3.00 bits per heavy atom. The van der Waals surface area contributed by atoms with E-state index in [0.717, 1.165) is 29.9 Å². The number of para-hydroxylation sites is 1. The fourth-order valence-electron chi connectivity index (χ4n) is 2.40. The Morgan fingerprint density at radius 1 is 1.26 bits per heavy atom. The van der Waals surface area contributed by atoms with Crippen molar-refractivity contribution in [2.24, 2.45) is 0 Å². The maximum atomic E-state index is 13.7. The highest BCUT2D eigenvalue weighted by molar-refractivity contribution is 5.52. The van der Waals surface area contributed by atoms with Gasteiger partial charge in [0.05, 0.1) is 12.3 Å². The van der Waals surface area contributed by atoms with Crippen LogP contribution in [0.1, 0.15) is 16.7 Å². The zero-order valence-electron chi connectivity index (χ0n) is 10.9. The van der Waals surface area contributed by atoms with Crippen molar-refractivity contribution in [3.8, 4) is 5.75 Å². The van der Waals surface area contributed by atoms with Crippen molar-refractivity contribution in [1.29, 1.82) is 0 Å². The number of hydrogen-bond donors (Lipinski definition) is 1. The molecule has 0 unspecified atom stereocenters. The second-order valence-electron chi connectivity index (χ2n) is 4.83. The molecule has 98 valence electrons. The summed E-state index contributed by atoms with van der Waals surface area (Å²) in [7, 11) is 0. The summed E-state index contributed by atoms with van der Waals surface area (Å²) in [5.74, 6) is 0.773. The van der Waals surface area contributed by atoms with Crippen LogP contribution in [-0.4, -0.2) is 6.61 Å². The van der Waals surface area contributed by atoms with Crippen LogP contribution in [0.4, 0.5) is 10.1 Å². The van der Waals surface area contributed by atoms with Gasteiger partial charge >= 0.3 is 0 Å². The first kappa shape index (κ1) is 12.0. The second-order valence-corrected chi connectivity index (χ2v) is 4.83. The molecule has 0 aromatic heterocycles. The average Bonchev–Trinajstić information content (AvgIpc) is 2.85. The first-order chi connectivity index (χ1) is 9.24. The molecule has 3 rings (SSSR count). The van der Waals surface area contributed by atoms with Gasteiger partial charge in [-0.25, -0.2) is 4.39 Å². The van der Waals surface area contributed by atoms with Gasteiger partial charge in [-0.05, 0) is 35.7 Å².